The summed E-state index contributed by atoms with van der Waals surface area (Å²) in [4.78, 5) is 2.24. The van der Waals surface area contributed by atoms with Gasteiger partial charge in [-0.25, -0.2) is 4.39 Å². The number of anilines is 2. The molecule has 100 valence electrons. The molecule has 1 heterocycles. The molecule has 18 heavy (non-hydrogen) atoms. The second-order valence-corrected chi connectivity index (χ2v) is 5.07. The number of benzene rings is 1. The van der Waals surface area contributed by atoms with Crippen LogP contribution >= 0.6 is 0 Å². The number of nitrogens with two attached hydrogens (primary N) is 1. The molecule has 0 radical (unpaired) electrons. The molecule has 1 aliphatic heterocycles. The van der Waals surface area contributed by atoms with E-state index in [0.29, 0.717) is 5.69 Å². The van der Waals surface area contributed by atoms with Crippen LogP contribution in [0.5, 0.6) is 5.75 Å². The predicted octanol–water partition coefficient (Wildman–Crippen LogP) is 3.04. The van der Waals surface area contributed by atoms with Crippen LogP contribution in [0, 0.1) is 11.7 Å². The summed E-state index contributed by atoms with van der Waals surface area (Å²) in [6.45, 7) is 4.22. The molecule has 2 rings (SSSR count). The van der Waals surface area contributed by atoms with E-state index in [9.17, 15) is 4.39 Å². The molecule has 1 aromatic rings. The Bertz CT molecular complexity index is 423. The minimum Gasteiger partial charge on any atom is -0.494 e. The summed E-state index contributed by atoms with van der Waals surface area (Å²) in [6, 6.07) is 3.06. The van der Waals surface area contributed by atoms with Crippen LogP contribution in [0.25, 0.3) is 0 Å². The maximum absolute atomic E-state index is 13.5. The van der Waals surface area contributed by atoms with Crippen molar-refractivity contribution < 1.29 is 9.13 Å². The van der Waals surface area contributed by atoms with Gasteiger partial charge in [-0.15, -0.1) is 0 Å². The molecule has 0 amide bonds. The van der Waals surface area contributed by atoms with Gasteiger partial charge in [0.15, 0.2) is 11.6 Å². The molecule has 3 nitrogen and oxygen atoms in total. The number of nitrogens with zero attached hydrogens (tertiary/aromatic N) is 1. The van der Waals surface area contributed by atoms with E-state index in [-0.39, 0.29) is 5.75 Å². The predicted molar refractivity (Wildman–Crippen MR) is 72.6 cm³/mol. The maximum Gasteiger partial charge on any atom is 0.167 e. The van der Waals surface area contributed by atoms with Gasteiger partial charge in [-0.05, 0) is 25.2 Å². The lowest BCUT2D eigenvalue weighted by atomic mass is 10.0. The molecule has 1 unspecified atom stereocenters. The summed E-state index contributed by atoms with van der Waals surface area (Å²) < 4.78 is 18.5. The Morgan fingerprint density at radius 2 is 2.11 bits per heavy atom. The van der Waals surface area contributed by atoms with Gasteiger partial charge in [0, 0.05) is 25.2 Å². The minimum absolute atomic E-state index is 0.261. The molecular weight excluding hydrogens is 231 g/mol. The zero-order valence-corrected chi connectivity index (χ0v) is 11.1. The van der Waals surface area contributed by atoms with Gasteiger partial charge in [-0.2, -0.15) is 0 Å². The van der Waals surface area contributed by atoms with Crippen LogP contribution in [0.15, 0.2) is 12.1 Å². The van der Waals surface area contributed by atoms with E-state index in [2.05, 4.69) is 11.8 Å². The highest BCUT2D eigenvalue weighted by Gasteiger charge is 2.18. The highest BCUT2D eigenvalue weighted by atomic mass is 19.1. The Kier molecular flexibility index (Phi) is 3.94. The third kappa shape index (κ3) is 2.68. The molecule has 0 aliphatic carbocycles. The van der Waals surface area contributed by atoms with E-state index in [4.69, 9.17) is 10.5 Å². The van der Waals surface area contributed by atoms with Crippen molar-refractivity contribution in [2.24, 2.45) is 5.92 Å². The zero-order valence-electron chi connectivity index (χ0n) is 11.1. The van der Waals surface area contributed by atoms with Crippen LogP contribution in [-0.4, -0.2) is 20.2 Å². The van der Waals surface area contributed by atoms with Crippen molar-refractivity contribution in [3.63, 3.8) is 0 Å². The lowest BCUT2D eigenvalue weighted by Gasteiger charge is -2.25. The van der Waals surface area contributed by atoms with Gasteiger partial charge < -0.3 is 15.4 Å². The summed E-state index contributed by atoms with van der Waals surface area (Å²) in [7, 11) is 1.48. The molecule has 1 atom stereocenters. The Labute approximate surface area is 108 Å². The second kappa shape index (κ2) is 5.46. The van der Waals surface area contributed by atoms with Gasteiger partial charge in [0.1, 0.15) is 0 Å². The van der Waals surface area contributed by atoms with Crippen molar-refractivity contribution in [2.75, 3.05) is 30.8 Å². The molecule has 2 N–H and O–H groups in total. The summed E-state index contributed by atoms with van der Waals surface area (Å²) in [6.07, 6.45) is 3.55. The SMILES string of the molecule is COc1cc(N2CCCC(C)CC2)c(N)cc1F. The number of ether oxygens (including phenoxy) is 1. The van der Waals surface area contributed by atoms with Gasteiger partial charge in [-0.1, -0.05) is 6.92 Å². The van der Waals surface area contributed by atoms with E-state index in [1.807, 2.05) is 0 Å². The average molecular weight is 252 g/mol. The van der Waals surface area contributed by atoms with Crippen molar-refractivity contribution >= 4 is 11.4 Å². The summed E-state index contributed by atoms with van der Waals surface area (Å²) in [5.74, 6) is 0.608. The third-order valence-corrected chi connectivity index (χ3v) is 3.66. The van der Waals surface area contributed by atoms with E-state index in [1.54, 1.807) is 6.07 Å². The Balaban J connectivity index is 2.26. The first-order chi connectivity index (χ1) is 8.61. The van der Waals surface area contributed by atoms with E-state index in [0.717, 1.165) is 37.5 Å². The van der Waals surface area contributed by atoms with Crippen LogP contribution in [0.1, 0.15) is 26.2 Å². The number of hydrogen-bond donors (Lipinski definition) is 1. The molecule has 1 aromatic carbocycles. The van der Waals surface area contributed by atoms with Gasteiger partial charge in [-0.3, -0.25) is 0 Å². The lowest BCUT2D eigenvalue weighted by Crippen LogP contribution is -2.25. The molecule has 0 aromatic heterocycles. The van der Waals surface area contributed by atoms with Gasteiger partial charge in [0.05, 0.1) is 18.5 Å². The van der Waals surface area contributed by atoms with Crippen LogP contribution in [0.3, 0.4) is 0 Å². The van der Waals surface area contributed by atoms with Crippen molar-refractivity contribution in [1.29, 1.82) is 0 Å². The fraction of sp³-hybridized carbons (Fsp3) is 0.571. The second-order valence-electron chi connectivity index (χ2n) is 5.07. The Morgan fingerprint density at radius 1 is 1.33 bits per heavy atom. The molecule has 1 aliphatic rings. The topological polar surface area (TPSA) is 38.5 Å². The number of nitrogen functional groups attached to an aromatic ring is 1. The summed E-state index contributed by atoms with van der Waals surface area (Å²) in [5, 5.41) is 0. The first-order valence-corrected chi connectivity index (χ1v) is 6.49. The average Bonchev–Trinajstić information content (AvgIpc) is 2.54. The van der Waals surface area contributed by atoms with E-state index in [1.165, 1.54) is 19.6 Å². The first kappa shape index (κ1) is 13.0. The summed E-state index contributed by atoms with van der Waals surface area (Å²) >= 11 is 0. The van der Waals surface area contributed by atoms with Gasteiger partial charge in [0.25, 0.3) is 0 Å². The normalized spacial score (nSPS) is 20.6. The fourth-order valence-corrected chi connectivity index (χ4v) is 2.49. The van der Waals surface area contributed by atoms with Crippen LogP contribution in [-0.2, 0) is 0 Å². The van der Waals surface area contributed by atoms with Crippen LogP contribution in [0.2, 0.25) is 0 Å². The number of rotatable bonds is 2. The molecule has 0 saturated carbocycles. The Hall–Kier alpha value is -1.45. The van der Waals surface area contributed by atoms with Crippen molar-refractivity contribution in [1.82, 2.24) is 0 Å². The number of methoxy groups -OCH3 is 1. The Morgan fingerprint density at radius 3 is 2.83 bits per heavy atom. The van der Waals surface area contributed by atoms with Gasteiger partial charge in [0.2, 0.25) is 0 Å². The minimum atomic E-state index is -0.401. The third-order valence-electron chi connectivity index (χ3n) is 3.66. The van der Waals surface area contributed by atoms with Crippen LogP contribution < -0.4 is 15.4 Å². The lowest BCUT2D eigenvalue weighted by molar-refractivity contribution is 0.386. The smallest absolute Gasteiger partial charge is 0.167 e. The fourth-order valence-electron chi connectivity index (χ4n) is 2.49. The highest BCUT2D eigenvalue weighted by Crippen LogP contribution is 2.32. The molecule has 0 bridgehead atoms. The van der Waals surface area contributed by atoms with Crippen molar-refractivity contribution in [3.05, 3.63) is 17.9 Å². The van der Waals surface area contributed by atoms with Crippen LogP contribution in [0.4, 0.5) is 15.8 Å². The van der Waals surface area contributed by atoms with Crippen molar-refractivity contribution in [3.8, 4) is 5.75 Å². The van der Waals surface area contributed by atoms with Crippen molar-refractivity contribution in [2.45, 2.75) is 26.2 Å². The quantitative estimate of drug-likeness (QED) is 0.822. The molecule has 1 fully saturated rings. The highest BCUT2D eigenvalue weighted by molar-refractivity contribution is 5.70. The molecular formula is C14H21FN2O. The summed E-state index contributed by atoms with van der Waals surface area (Å²) in [5.41, 5.74) is 7.30. The molecule has 4 heteroatoms. The largest absolute Gasteiger partial charge is 0.494 e. The number of halogens is 1. The van der Waals surface area contributed by atoms with E-state index >= 15 is 0 Å². The standard InChI is InChI=1S/C14H21FN2O/c1-10-4-3-6-17(7-5-10)13-9-14(18-2)11(15)8-12(13)16/h8-10H,3-7,16H2,1-2H3. The first-order valence-electron chi connectivity index (χ1n) is 6.49. The zero-order chi connectivity index (χ0) is 13.1. The maximum atomic E-state index is 13.5. The number of hydrogen-bond acceptors (Lipinski definition) is 3. The van der Waals surface area contributed by atoms with Gasteiger partial charge >= 0.3 is 0 Å². The van der Waals surface area contributed by atoms with E-state index < -0.39 is 5.82 Å². The monoisotopic (exact) mass is 252 g/mol. The molecule has 1 saturated heterocycles. The molecule has 0 spiro atoms.